The van der Waals surface area contributed by atoms with Gasteiger partial charge in [-0.1, -0.05) is 6.07 Å². The molecule has 2 rings (SSSR count). The summed E-state index contributed by atoms with van der Waals surface area (Å²) < 4.78 is 88.5. The number of hydrogen-bond acceptors (Lipinski definition) is 4. The Labute approximate surface area is 130 Å². The smallest absolute Gasteiger partial charge is 0.264 e. The van der Waals surface area contributed by atoms with Crippen LogP contribution in [0.3, 0.4) is 0 Å². The van der Waals surface area contributed by atoms with Crippen molar-refractivity contribution in [2.24, 2.45) is 0 Å². The van der Waals surface area contributed by atoms with Crippen LogP contribution >= 0.6 is 0 Å². The van der Waals surface area contributed by atoms with Crippen molar-refractivity contribution in [1.29, 1.82) is 0 Å². The van der Waals surface area contributed by atoms with Crippen LogP contribution in [0.1, 0.15) is 0 Å². The van der Waals surface area contributed by atoms with Gasteiger partial charge in [0.05, 0.1) is 10.6 Å². The maximum Gasteiger partial charge on any atom is 0.264 e. The summed E-state index contributed by atoms with van der Waals surface area (Å²) in [5.74, 6) is -5.31. The molecule has 0 heterocycles. The lowest BCUT2D eigenvalue weighted by Crippen LogP contribution is -2.16. The number of nitrogens with one attached hydrogen (secondary N) is 1. The monoisotopic (exact) mass is 365 g/mol. The van der Waals surface area contributed by atoms with E-state index < -0.39 is 42.2 Å². The molecule has 2 aromatic rings. The summed E-state index contributed by atoms with van der Waals surface area (Å²) >= 11 is 0. The van der Waals surface area contributed by atoms with E-state index in [0.717, 1.165) is 12.3 Å². The van der Waals surface area contributed by atoms with Crippen molar-refractivity contribution in [2.75, 3.05) is 11.0 Å². The van der Waals surface area contributed by atoms with Gasteiger partial charge in [-0.15, -0.1) is 0 Å². The highest BCUT2D eigenvalue weighted by atomic mass is 32.2. The fourth-order valence-corrected chi connectivity index (χ4v) is 3.50. The molecular weight excluding hydrogens is 355 g/mol. The number of anilines is 1. The van der Waals surface area contributed by atoms with Gasteiger partial charge in [-0.3, -0.25) is 4.72 Å². The van der Waals surface area contributed by atoms with Crippen LogP contribution in [0.15, 0.2) is 46.2 Å². The fraction of sp³-hybridized carbons (Fsp3) is 0.0769. The quantitative estimate of drug-likeness (QED) is 0.843. The van der Waals surface area contributed by atoms with Crippen LogP contribution in [-0.2, 0) is 19.9 Å². The molecule has 0 spiro atoms. The number of hydrogen-bond donors (Lipinski definition) is 1. The summed E-state index contributed by atoms with van der Waals surface area (Å²) in [6, 6.07) is 5.80. The zero-order valence-electron chi connectivity index (χ0n) is 11.5. The first-order chi connectivity index (χ1) is 10.5. The summed E-state index contributed by atoms with van der Waals surface area (Å²) in [6.07, 6.45) is 0.926. The van der Waals surface area contributed by atoms with Crippen molar-refractivity contribution < 1.29 is 30.0 Å². The molecule has 0 fully saturated rings. The number of benzene rings is 2. The van der Waals surface area contributed by atoms with Crippen LogP contribution in [0.4, 0.5) is 18.9 Å². The van der Waals surface area contributed by atoms with Gasteiger partial charge >= 0.3 is 0 Å². The Balaban J connectivity index is 2.46. The summed E-state index contributed by atoms with van der Waals surface area (Å²) in [5, 5.41) is 0. The fourth-order valence-electron chi connectivity index (χ4n) is 1.72. The third-order valence-corrected chi connectivity index (χ3v) is 5.31. The van der Waals surface area contributed by atoms with Crippen LogP contribution in [0, 0.1) is 17.5 Å². The molecule has 10 heteroatoms. The molecule has 0 atom stereocenters. The van der Waals surface area contributed by atoms with E-state index in [4.69, 9.17) is 0 Å². The second kappa shape index (κ2) is 5.85. The van der Waals surface area contributed by atoms with Gasteiger partial charge in [-0.05, 0) is 30.3 Å². The van der Waals surface area contributed by atoms with Crippen molar-refractivity contribution in [2.45, 2.75) is 9.79 Å². The first-order valence-electron chi connectivity index (χ1n) is 5.99. The minimum absolute atomic E-state index is 0.163. The molecule has 0 saturated heterocycles. The minimum Gasteiger partial charge on any atom is -0.279 e. The SMILES string of the molecule is CS(=O)(=O)c1cccc(NS(=O)(=O)c2ccc(F)c(F)c2F)c1. The molecule has 1 N–H and O–H groups in total. The lowest BCUT2D eigenvalue weighted by Gasteiger charge is -2.10. The average molecular weight is 365 g/mol. The van der Waals surface area contributed by atoms with E-state index in [1.54, 1.807) is 0 Å². The summed E-state index contributed by atoms with van der Waals surface area (Å²) in [5.41, 5.74) is -0.169. The van der Waals surface area contributed by atoms with Crippen molar-refractivity contribution >= 4 is 25.5 Å². The summed E-state index contributed by atoms with van der Waals surface area (Å²) in [7, 11) is -8.16. The molecule has 0 aromatic heterocycles. The molecule has 0 amide bonds. The third-order valence-electron chi connectivity index (χ3n) is 2.80. The van der Waals surface area contributed by atoms with E-state index in [0.29, 0.717) is 12.1 Å². The van der Waals surface area contributed by atoms with E-state index in [1.165, 1.54) is 18.2 Å². The third kappa shape index (κ3) is 3.64. The van der Waals surface area contributed by atoms with Gasteiger partial charge < -0.3 is 0 Å². The summed E-state index contributed by atoms with van der Waals surface area (Å²) in [4.78, 5) is -1.26. The number of sulfonamides is 1. The Kier molecular flexibility index (Phi) is 4.40. The molecule has 0 aliphatic heterocycles. The Morgan fingerprint density at radius 3 is 2.17 bits per heavy atom. The van der Waals surface area contributed by atoms with Gasteiger partial charge in [0.1, 0.15) is 4.90 Å². The Morgan fingerprint density at radius 1 is 0.913 bits per heavy atom. The zero-order valence-corrected chi connectivity index (χ0v) is 13.2. The van der Waals surface area contributed by atoms with Crippen LogP contribution < -0.4 is 4.72 Å². The molecule has 0 aliphatic carbocycles. The standard InChI is InChI=1S/C13H10F3NO4S2/c1-22(18,19)9-4-2-3-8(7-9)17-23(20,21)11-6-5-10(14)12(15)13(11)16/h2-7,17H,1H3. The lowest BCUT2D eigenvalue weighted by atomic mass is 10.3. The minimum atomic E-state index is -4.57. The van der Waals surface area contributed by atoms with Crippen molar-refractivity contribution in [3.63, 3.8) is 0 Å². The highest BCUT2D eigenvalue weighted by molar-refractivity contribution is 7.92. The molecule has 124 valence electrons. The number of rotatable bonds is 4. The second-order valence-corrected chi connectivity index (χ2v) is 8.25. The molecule has 5 nitrogen and oxygen atoms in total. The normalized spacial score (nSPS) is 12.2. The van der Waals surface area contributed by atoms with E-state index in [2.05, 4.69) is 0 Å². The first kappa shape index (κ1) is 17.3. The first-order valence-corrected chi connectivity index (χ1v) is 9.36. The van der Waals surface area contributed by atoms with Crippen molar-refractivity contribution in [3.05, 3.63) is 53.8 Å². The Morgan fingerprint density at radius 2 is 1.57 bits per heavy atom. The average Bonchev–Trinajstić information content (AvgIpc) is 2.43. The number of halogens is 3. The van der Waals surface area contributed by atoms with Gasteiger partial charge in [-0.25, -0.2) is 30.0 Å². The predicted octanol–water partition coefficient (Wildman–Crippen LogP) is 2.31. The zero-order chi connectivity index (χ0) is 17.4. The van der Waals surface area contributed by atoms with E-state index in [1.807, 2.05) is 4.72 Å². The molecule has 0 radical (unpaired) electrons. The molecule has 23 heavy (non-hydrogen) atoms. The molecule has 0 bridgehead atoms. The van der Waals surface area contributed by atoms with E-state index in [9.17, 15) is 30.0 Å². The molecule has 2 aromatic carbocycles. The van der Waals surface area contributed by atoms with Gasteiger partial charge in [0.25, 0.3) is 10.0 Å². The largest absolute Gasteiger partial charge is 0.279 e. The molecule has 0 aliphatic rings. The summed E-state index contributed by atoms with van der Waals surface area (Å²) in [6.45, 7) is 0. The maximum absolute atomic E-state index is 13.6. The maximum atomic E-state index is 13.6. The van der Waals surface area contributed by atoms with Crippen molar-refractivity contribution in [1.82, 2.24) is 0 Å². The van der Waals surface area contributed by atoms with Gasteiger partial charge in [0, 0.05) is 6.26 Å². The number of sulfone groups is 1. The predicted molar refractivity (Wildman–Crippen MR) is 76.7 cm³/mol. The van der Waals surface area contributed by atoms with E-state index >= 15 is 0 Å². The molecule has 0 saturated carbocycles. The van der Waals surface area contributed by atoms with Crippen LogP contribution in [-0.4, -0.2) is 23.1 Å². The Bertz CT molecular complexity index is 973. The van der Waals surface area contributed by atoms with E-state index in [-0.39, 0.29) is 10.6 Å². The Hall–Kier alpha value is -2.07. The molecular formula is C13H10F3NO4S2. The van der Waals surface area contributed by atoms with Crippen molar-refractivity contribution in [3.8, 4) is 0 Å². The van der Waals surface area contributed by atoms with Gasteiger partial charge in [0.2, 0.25) is 0 Å². The lowest BCUT2D eigenvalue weighted by molar-refractivity contribution is 0.432. The second-order valence-electron chi connectivity index (χ2n) is 4.58. The topological polar surface area (TPSA) is 80.3 Å². The van der Waals surface area contributed by atoms with Crippen LogP contribution in [0.2, 0.25) is 0 Å². The highest BCUT2D eigenvalue weighted by Crippen LogP contribution is 2.23. The highest BCUT2D eigenvalue weighted by Gasteiger charge is 2.24. The van der Waals surface area contributed by atoms with Crippen LogP contribution in [0.25, 0.3) is 0 Å². The van der Waals surface area contributed by atoms with Gasteiger partial charge in [-0.2, -0.15) is 0 Å². The van der Waals surface area contributed by atoms with Crippen LogP contribution in [0.5, 0.6) is 0 Å². The van der Waals surface area contributed by atoms with Gasteiger partial charge in [0.15, 0.2) is 27.3 Å². The molecule has 0 unspecified atom stereocenters.